The Morgan fingerprint density at radius 3 is 2.83 bits per heavy atom. The summed E-state index contributed by atoms with van der Waals surface area (Å²) >= 11 is 1.82. The van der Waals surface area contributed by atoms with E-state index in [1.807, 2.05) is 18.4 Å². The van der Waals surface area contributed by atoms with Crippen LogP contribution in [0.1, 0.15) is 16.2 Å². The van der Waals surface area contributed by atoms with Gasteiger partial charge in [0.15, 0.2) is 0 Å². The molecule has 1 heterocycles. The van der Waals surface area contributed by atoms with Crippen LogP contribution in [-0.4, -0.2) is 13.6 Å². The first-order valence-electron chi connectivity index (χ1n) is 4.13. The average Bonchev–Trinajstić information content (AvgIpc) is 2.47. The number of rotatable bonds is 4. The molecule has 0 aliphatic heterocycles. The molecular formula is C10H15NS. The van der Waals surface area contributed by atoms with Crippen molar-refractivity contribution in [2.75, 3.05) is 13.6 Å². The Labute approximate surface area is 78.1 Å². The first kappa shape index (κ1) is 9.49. The molecule has 0 radical (unpaired) electrons. The molecule has 66 valence electrons. The molecule has 1 aromatic rings. The Kier molecular flexibility index (Phi) is 3.50. The molecule has 0 aliphatic carbocycles. The summed E-state index contributed by atoms with van der Waals surface area (Å²) in [6.45, 7) is 7.18. The molecule has 1 nitrogen and oxygen atoms in total. The Hall–Kier alpha value is -0.600. The predicted octanol–water partition coefficient (Wildman–Crippen LogP) is 2.68. The second kappa shape index (κ2) is 4.43. The summed E-state index contributed by atoms with van der Waals surface area (Å²) in [4.78, 5) is 2.68. The summed E-state index contributed by atoms with van der Waals surface area (Å²) in [5, 5.41) is 3.12. The Bertz CT molecular complexity index is 263. The predicted molar refractivity (Wildman–Crippen MR) is 56.6 cm³/mol. The van der Waals surface area contributed by atoms with Crippen molar-refractivity contribution in [2.24, 2.45) is 0 Å². The van der Waals surface area contributed by atoms with Gasteiger partial charge in [-0.1, -0.05) is 6.58 Å². The van der Waals surface area contributed by atoms with Gasteiger partial charge in [-0.3, -0.25) is 0 Å². The van der Waals surface area contributed by atoms with Crippen LogP contribution in [0, 0.1) is 6.92 Å². The minimum Gasteiger partial charge on any atom is -0.319 e. The van der Waals surface area contributed by atoms with E-state index in [4.69, 9.17) is 0 Å². The highest BCUT2D eigenvalue weighted by Crippen LogP contribution is 2.23. The van der Waals surface area contributed by atoms with Crippen molar-refractivity contribution < 1.29 is 0 Å². The lowest BCUT2D eigenvalue weighted by Crippen LogP contribution is -2.07. The van der Waals surface area contributed by atoms with E-state index >= 15 is 0 Å². The summed E-state index contributed by atoms with van der Waals surface area (Å²) in [7, 11) is 1.97. The number of hydrogen-bond donors (Lipinski definition) is 1. The fourth-order valence-electron chi connectivity index (χ4n) is 1.02. The highest BCUT2D eigenvalue weighted by Gasteiger charge is 2.00. The van der Waals surface area contributed by atoms with Crippen molar-refractivity contribution in [3.63, 3.8) is 0 Å². The van der Waals surface area contributed by atoms with Crippen LogP contribution in [0.15, 0.2) is 18.7 Å². The Morgan fingerprint density at radius 2 is 2.33 bits per heavy atom. The smallest absolute Gasteiger partial charge is 0.0299 e. The van der Waals surface area contributed by atoms with Crippen molar-refractivity contribution in [1.29, 1.82) is 0 Å². The zero-order valence-electron chi connectivity index (χ0n) is 7.68. The van der Waals surface area contributed by atoms with Crippen molar-refractivity contribution >= 4 is 16.9 Å². The lowest BCUT2D eigenvalue weighted by Gasteiger charge is -2.00. The quantitative estimate of drug-likeness (QED) is 0.753. The standard InChI is InChI=1S/C10H15NS/c1-8(6-7-11-3)10-5-4-9(2)12-10/h4-5,11H,1,6-7H2,2-3H3. The zero-order chi connectivity index (χ0) is 8.97. The van der Waals surface area contributed by atoms with E-state index < -0.39 is 0 Å². The maximum Gasteiger partial charge on any atom is 0.0299 e. The molecule has 1 N–H and O–H groups in total. The average molecular weight is 181 g/mol. The molecule has 0 spiro atoms. The van der Waals surface area contributed by atoms with E-state index in [1.165, 1.54) is 15.3 Å². The van der Waals surface area contributed by atoms with Gasteiger partial charge >= 0.3 is 0 Å². The number of thiophene rings is 1. The number of nitrogens with one attached hydrogen (secondary N) is 1. The molecule has 0 fully saturated rings. The minimum atomic E-state index is 1.01. The molecule has 0 aromatic carbocycles. The van der Waals surface area contributed by atoms with Gasteiger partial charge in [0, 0.05) is 9.75 Å². The highest BCUT2D eigenvalue weighted by atomic mass is 32.1. The molecule has 2 heteroatoms. The third-order valence-electron chi connectivity index (χ3n) is 1.77. The van der Waals surface area contributed by atoms with Crippen molar-refractivity contribution in [3.05, 3.63) is 28.5 Å². The molecule has 12 heavy (non-hydrogen) atoms. The molecule has 0 bridgehead atoms. The molecule has 0 unspecified atom stereocenters. The maximum absolute atomic E-state index is 4.05. The number of aryl methyl sites for hydroxylation is 1. The molecule has 1 aromatic heterocycles. The molecule has 0 amide bonds. The van der Waals surface area contributed by atoms with Gasteiger partial charge in [0.1, 0.15) is 0 Å². The maximum atomic E-state index is 4.05. The van der Waals surface area contributed by atoms with Crippen LogP contribution in [0.5, 0.6) is 0 Å². The van der Waals surface area contributed by atoms with Crippen LogP contribution < -0.4 is 5.32 Å². The van der Waals surface area contributed by atoms with Gasteiger partial charge in [0.2, 0.25) is 0 Å². The van der Waals surface area contributed by atoms with E-state index in [0.29, 0.717) is 0 Å². The lowest BCUT2D eigenvalue weighted by molar-refractivity contribution is 0.817. The van der Waals surface area contributed by atoms with Crippen LogP contribution >= 0.6 is 11.3 Å². The van der Waals surface area contributed by atoms with Crippen LogP contribution in [0.25, 0.3) is 5.57 Å². The van der Waals surface area contributed by atoms with Gasteiger partial charge in [-0.15, -0.1) is 11.3 Å². The third kappa shape index (κ3) is 2.47. The zero-order valence-corrected chi connectivity index (χ0v) is 8.50. The molecule has 0 atom stereocenters. The van der Waals surface area contributed by atoms with Gasteiger partial charge < -0.3 is 5.32 Å². The van der Waals surface area contributed by atoms with E-state index in [0.717, 1.165) is 13.0 Å². The molecular weight excluding hydrogens is 166 g/mol. The van der Waals surface area contributed by atoms with Gasteiger partial charge in [0.05, 0.1) is 0 Å². The largest absolute Gasteiger partial charge is 0.319 e. The van der Waals surface area contributed by atoms with E-state index in [1.54, 1.807) is 0 Å². The summed E-state index contributed by atoms with van der Waals surface area (Å²) < 4.78 is 0. The van der Waals surface area contributed by atoms with Crippen LogP contribution in [-0.2, 0) is 0 Å². The van der Waals surface area contributed by atoms with Gasteiger partial charge in [0.25, 0.3) is 0 Å². The first-order valence-corrected chi connectivity index (χ1v) is 4.95. The summed E-state index contributed by atoms with van der Waals surface area (Å²) in [5.74, 6) is 0. The van der Waals surface area contributed by atoms with Crippen LogP contribution in [0.3, 0.4) is 0 Å². The highest BCUT2D eigenvalue weighted by molar-refractivity contribution is 7.13. The van der Waals surface area contributed by atoms with Gasteiger partial charge in [-0.05, 0) is 44.6 Å². The SMILES string of the molecule is C=C(CCNC)c1ccc(C)s1. The van der Waals surface area contributed by atoms with Crippen LogP contribution in [0.2, 0.25) is 0 Å². The number of hydrogen-bond acceptors (Lipinski definition) is 2. The second-order valence-corrected chi connectivity index (χ2v) is 4.16. The monoisotopic (exact) mass is 181 g/mol. The van der Waals surface area contributed by atoms with E-state index in [-0.39, 0.29) is 0 Å². The third-order valence-corrected chi connectivity index (χ3v) is 2.87. The van der Waals surface area contributed by atoms with Crippen LogP contribution in [0.4, 0.5) is 0 Å². The van der Waals surface area contributed by atoms with Gasteiger partial charge in [-0.2, -0.15) is 0 Å². The van der Waals surface area contributed by atoms with Crippen molar-refractivity contribution in [1.82, 2.24) is 5.32 Å². The summed E-state index contributed by atoms with van der Waals surface area (Å²) in [6, 6.07) is 4.29. The van der Waals surface area contributed by atoms with E-state index in [2.05, 4.69) is 31.0 Å². The Balaban J connectivity index is 2.53. The normalized spacial score (nSPS) is 10.2. The van der Waals surface area contributed by atoms with Crippen molar-refractivity contribution in [2.45, 2.75) is 13.3 Å². The summed E-state index contributed by atoms with van der Waals surface area (Å²) in [5.41, 5.74) is 1.24. The minimum absolute atomic E-state index is 1.01. The first-order chi connectivity index (χ1) is 5.74. The summed E-state index contributed by atoms with van der Waals surface area (Å²) in [6.07, 6.45) is 1.04. The molecule has 0 aliphatic rings. The fourth-order valence-corrected chi connectivity index (χ4v) is 1.89. The fraction of sp³-hybridized carbons (Fsp3) is 0.400. The Morgan fingerprint density at radius 1 is 1.58 bits per heavy atom. The lowest BCUT2D eigenvalue weighted by atomic mass is 10.2. The topological polar surface area (TPSA) is 12.0 Å². The van der Waals surface area contributed by atoms with E-state index in [9.17, 15) is 0 Å². The molecule has 1 rings (SSSR count). The second-order valence-electron chi connectivity index (χ2n) is 2.87. The molecule has 0 saturated heterocycles. The van der Waals surface area contributed by atoms with Crippen molar-refractivity contribution in [3.8, 4) is 0 Å². The molecule has 0 saturated carbocycles. The van der Waals surface area contributed by atoms with Gasteiger partial charge in [-0.25, -0.2) is 0 Å².